The van der Waals surface area contributed by atoms with Crippen molar-refractivity contribution in [2.24, 2.45) is 0 Å². The number of hydrogen-bond donors (Lipinski definition) is 1. The third-order valence-corrected chi connectivity index (χ3v) is 3.41. The largest absolute Gasteiger partial charge is 0.485 e. The van der Waals surface area contributed by atoms with Crippen LogP contribution in [0.3, 0.4) is 0 Å². The van der Waals surface area contributed by atoms with E-state index in [-0.39, 0.29) is 11.7 Å². The molecule has 0 saturated heterocycles. The summed E-state index contributed by atoms with van der Waals surface area (Å²) in [6.07, 6.45) is 1.04. The number of thiocarbonyl (C=S) groups is 1. The van der Waals surface area contributed by atoms with Crippen LogP contribution in [-0.4, -0.2) is 17.7 Å². The molecule has 0 aliphatic heterocycles. The lowest BCUT2D eigenvalue weighted by atomic mass is 10.1. The van der Waals surface area contributed by atoms with E-state index < -0.39 is 40.3 Å². The number of hydrogen-bond acceptors (Lipinski definition) is 5. The van der Waals surface area contributed by atoms with Crippen LogP contribution < -0.4 is 5.32 Å². The molecule has 1 aromatic rings. The first kappa shape index (κ1) is 18.7. The average Bonchev–Trinajstić information content (AvgIpc) is 2.52. The van der Waals surface area contributed by atoms with E-state index in [0.29, 0.717) is 12.8 Å². The molecule has 8 heteroatoms. The van der Waals surface area contributed by atoms with E-state index in [9.17, 15) is 13.2 Å². The quantitative estimate of drug-likeness (QED) is 0.630. The minimum Gasteiger partial charge on any atom is -0.485 e. The Hall–Kier alpha value is -2.32. The van der Waals surface area contributed by atoms with Crippen LogP contribution in [0.15, 0.2) is 0 Å². The molecule has 0 saturated carbocycles. The Bertz CT molecular complexity index is 695. The van der Waals surface area contributed by atoms with Crippen molar-refractivity contribution in [2.45, 2.75) is 32.7 Å². The zero-order chi connectivity index (χ0) is 17.6. The summed E-state index contributed by atoms with van der Waals surface area (Å²) in [5.41, 5.74) is -2.58. The maximum atomic E-state index is 14.1. The molecular formula is C15H14F3N3OS. The second-order valence-corrected chi connectivity index (χ2v) is 4.93. The van der Waals surface area contributed by atoms with Crippen LogP contribution in [0, 0.1) is 40.1 Å². The van der Waals surface area contributed by atoms with E-state index in [2.05, 4.69) is 5.32 Å². The molecule has 0 bridgehead atoms. The second kappa shape index (κ2) is 8.35. The van der Waals surface area contributed by atoms with Gasteiger partial charge in [-0.1, -0.05) is 13.3 Å². The standard InChI is InChI=1S/C15H14F3N3OS/c1-3-5-10(15(23)22-4-2)21-14-9(7-20)11(16)8(6-19)12(17)13(14)18/h10,21H,3-5H2,1-2H3/t10-/m1/s1. The van der Waals surface area contributed by atoms with Crippen molar-refractivity contribution in [3.8, 4) is 12.1 Å². The molecule has 0 amide bonds. The van der Waals surface area contributed by atoms with Crippen molar-refractivity contribution in [1.29, 1.82) is 10.5 Å². The lowest BCUT2D eigenvalue weighted by Crippen LogP contribution is -2.31. The monoisotopic (exact) mass is 341 g/mol. The van der Waals surface area contributed by atoms with Crippen LogP contribution in [0.5, 0.6) is 0 Å². The third kappa shape index (κ3) is 3.91. The Morgan fingerprint density at radius 3 is 2.22 bits per heavy atom. The summed E-state index contributed by atoms with van der Waals surface area (Å²) in [5.74, 6) is -4.56. The summed E-state index contributed by atoms with van der Waals surface area (Å²) >= 11 is 5.05. The lowest BCUT2D eigenvalue weighted by Gasteiger charge is -2.21. The summed E-state index contributed by atoms with van der Waals surface area (Å²) in [6.45, 7) is 3.83. The zero-order valence-corrected chi connectivity index (χ0v) is 13.4. The molecule has 0 aromatic heterocycles. The molecule has 0 unspecified atom stereocenters. The molecule has 122 valence electrons. The van der Waals surface area contributed by atoms with Gasteiger partial charge in [0.1, 0.15) is 23.3 Å². The fourth-order valence-corrected chi connectivity index (χ4v) is 2.25. The maximum absolute atomic E-state index is 14.1. The highest BCUT2D eigenvalue weighted by atomic mass is 32.1. The van der Waals surface area contributed by atoms with Crippen molar-refractivity contribution < 1.29 is 17.9 Å². The number of benzene rings is 1. The van der Waals surface area contributed by atoms with Crippen LogP contribution in [0.25, 0.3) is 0 Å². The fourth-order valence-electron chi connectivity index (χ4n) is 1.95. The maximum Gasteiger partial charge on any atom is 0.184 e. The summed E-state index contributed by atoms with van der Waals surface area (Å²) in [5, 5.41) is 20.4. The molecule has 0 fully saturated rings. The predicted molar refractivity (Wildman–Crippen MR) is 82.3 cm³/mol. The number of rotatable bonds is 6. The van der Waals surface area contributed by atoms with Crippen LogP contribution in [0.4, 0.5) is 18.9 Å². The number of nitrogens with zero attached hydrogens (tertiary/aromatic N) is 2. The van der Waals surface area contributed by atoms with Gasteiger partial charge in [0.2, 0.25) is 0 Å². The van der Waals surface area contributed by atoms with Gasteiger partial charge in [0.05, 0.1) is 18.3 Å². The number of nitriles is 2. The van der Waals surface area contributed by atoms with Gasteiger partial charge < -0.3 is 10.1 Å². The Morgan fingerprint density at radius 2 is 1.74 bits per heavy atom. The van der Waals surface area contributed by atoms with Crippen molar-refractivity contribution in [3.63, 3.8) is 0 Å². The van der Waals surface area contributed by atoms with Crippen molar-refractivity contribution in [1.82, 2.24) is 0 Å². The molecule has 4 nitrogen and oxygen atoms in total. The number of ether oxygens (including phenoxy) is 1. The summed E-state index contributed by atoms with van der Waals surface area (Å²) in [4.78, 5) is 0. The van der Waals surface area contributed by atoms with Crippen molar-refractivity contribution in [2.75, 3.05) is 11.9 Å². The Balaban J connectivity index is 3.39. The summed E-state index contributed by atoms with van der Waals surface area (Å²) < 4.78 is 47.1. The van der Waals surface area contributed by atoms with E-state index in [4.69, 9.17) is 27.5 Å². The van der Waals surface area contributed by atoms with Gasteiger partial charge in [-0.25, -0.2) is 13.2 Å². The smallest absolute Gasteiger partial charge is 0.184 e. The second-order valence-electron chi connectivity index (χ2n) is 4.53. The summed E-state index contributed by atoms with van der Waals surface area (Å²) in [6, 6.07) is 1.95. The highest BCUT2D eigenvalue weighted by Crippen LogP contribution is 2.29. The van der Waals surface area contributed by atoms with Crippen LogP contribution >= 0.6 is 12.2 Å². The highest BCUT2D eigenvalue weighted by Gasteiger charge is 2.27. The van der Waals surface area contributed by atoms with Gasteiger partial charge in [-0.15, -0.1) is 0 Å². The van der Waals surface area contributed by atoms with Gasteiger partial charge in [-0.05, 0) is 25.6 Å². The van der Waals surface area contributed by atoms with Crippen molar-refractivity contribution >= 4 is 23.0 Å². The van der Waals surface area contributed by atoms with Crippen LogP contribution in [0.1, 0.15) is 37.8 Å². The Labute approximate surface area is 137 Å². The van der Waals surface area contributed by atoms with Gasteiger partial charge in [-0.2, -0.15) is 10.5 Å². The molecule has 0 spiro atoms. The Kier molecular flexibility index (Phi) is 6.80. The first-order chi connectivity index (χ1) is 10.9. The van der Waals surface area contributed by atoms with Gasteiger partial charge in [0, 0.05) is 0 Å². The lowest BCUT2D eigenvalue weighted by molar-refractivity contribution is 0.321. The van der Waals surface area contributed by atoms with E-state index >= 15 is 0 Å². The molecule has 1 rings (SSSR count). The molecule has 0 aliphatic rings. The molecule has 0 radical (unpaired) electrons. The number of anilines is 1. The van der Waals surface area contributed by atoms with Crippen LogP contribution in [-0.2, 0) is 4.74 Å². The predicted octanol–water partition coefficient (Wildman–Crippen LogP) is 3.79. The first-order valence-corrected chi connectivity index (χ1v) is 7.27. The van der Waals surface area contributed by atoms with Crippen molar-refractivity contribution in [3.05, 3.63) is 28.6 Å². The van der Waals surface area contributed by atoms with E-state index in [1.807, 2.05) is 6.92 Å². The SMILES string of the molecule is CCC[C@@H](Nc1c(F)c(F)c(C#N)c(F)c1C#N)C(=S)OCC. The molecule has 23 heavy (non-hydrogen) atoms. The third-order valence-electron chi connectivity index (χ3n) is 3.01. The molecule has 1 atom stereocenters. The Morgan fingerprint density at radius 1 is 1.13 bits per heavy atom. The van der Waals surface area contributed by atoms with E-state index in [0.717, 1.165) is 0 Å². The van der Waals surface area contributed by atoms with E-state index in [1.54, 1.807) is 6.92 Å². The summed E-state index contributed by atoms with van der Waals surface area (Å²) in [7, 11) is 0. The van der Waals surface area contributed by atoms with Gasteiger partial charge in [0.15, 0.2) is 22.5 Å². The molecule has 1 N–H and O–H groups in total. The topological polar surface area (TPSA) is 68.8 Å². The zero-order valence-electron chi connectivity index (χ0n) is 12.5. The first-order valence-electron chi connectivity index (χ1n) is 6.86. The minimum absolute atomic E-state index is 0.0998. The number of halogens is 3. The molecular weight excluding hydrogens is 327 g/mol. The number of nitrogens with one attached hydrogen (secondary N) is 1. The fraction of sp³-hybridized carbons (Fsp3) is 0.400. The average molecular weight is 341 g/mol. The molecule has 0 aliphatic carbocycles. The van der Waals surface area contributed by atoms with Gasteiger partial charge >= 0.3 is 0 Å². The minimum atomic E-state index is -1.65. The van der Waals surface area contributed by atoms with Gasteiger partial charge in [-0.3, -0.25) is 0 Å². The highest BCUT2D eigenvalue weighted by molar-refractivity contribution is 7.80. The van der Waals surface area contributed by atoms with E-state index in [1.165, 1.54) is 12.1 Å². The molecule has 1 aromatic carbocycles. The normalized spacial score (nSPS) is 11.3. The van der Waals surface area contributed by atoms with Crippen LogP contribution in [0.2, 0.25) is 0 Å². The molecule has 0 heterocycles. The van der Waals surface area contributed by atoms with Gasteiger partial charge in [0.25, 0.3) is 0 Å².